The second kappa shape index (κ2) is 7.42. The molecule has 1 spiro atoms. The molecule has 8 nitrogen and oxygen atoms in total. The Kier molecular flexibility index (Phi) is 5.08. The summed E-state index contributed by atoms with van der Waals surface area (Å²) in [5, 5.41) is 0.235. The standard InChI is InChI=1S/C20H24ClN5O3/c1-11-8-23-13(12(2)16(11)28-3)9-26-10-14(27)20(4-6-29-7-5-20)15-17(21)24-19(22)25-18(15)26/h8H,4-7,9-10H2,1-3H3,(H2,22,24,25). The highest BCUT2D eigenvalue weighted by Crippen LogP contribution is 2.47. The lowest BCUT2D eigenvalue weighted by atomic mass is 9.69. The second-order valence-electron chi connectivity index (χ2n) is 7.59. The van der Waals surface area contributed by atoms with Gasteiger partial charge in [0, 0.05) is 36.1 Å². The molecular weight excluding hydrogens is 394 g/mol. The summed E-state index contributed by atoms with van der Waals surface area (Å²) in [6.45, 7) is 5.51. The lowest BCUT2D eigenvalue weighted by molar-refractivity contribution is -0.127. The summed E-state index contributed by atoms with van der Waals surface area (Å²) >= 11 is 6.52. The van der Waals surface area contributed by atoms with Gasteiger partial charge in [0.15, 0.2) is 5.78 Å². The number of anilines is 2. The van der Waals surface area contributed by atoms with Gasteiger partial charge in [-0.25, -0.2) is 4.98 Å². The van der Waals surface area contributed by atoms with E-state index in [2.05, 4.69) is 15.0 Å². The highest BCUT2D eigenvalue weighted by Gasteiger charge is 2.49. The first-order valence-electron chi connectivity index (χ1n) is 9.56. The first-order chi connectivity index (χ1) is 13.9. The Hall–Kier alpha value is -2.45. The molecule has 0 saturated carbocycles. The topological polar surface area (TPSA) is 103 Å². The minimum atomic E-state index is -0.720. The third kappa shape index (κ3) is 3.20. The van der Waals surface area contributed by atoms with Gasteiger partial charge >= 0.3 is 0 Å². The molecule has 0 amide bonds. The van der Waals surface area contributed by atoms with Gasteiger partial charge < -0.3 is 20.1 Å². The summed E-state index contributed by atoms with van der Waals surface area (Å²) in [6, 6.07) is 0. The van der Waals surface area contributed by atoms with Crippen LogP contribution in [-0.4, -0.2) is 47.6 Å². The lowest BCUT2D eigenvalue weighted by Gasteiger charge is -2.44. The number of nitrogens with two attached hydrogens (primary N) is 1. The van der Waals surface area contributed by atoms with Gasteiger partial charge in [-0.2, -0.15) is 4.98 Å². The second-order valence-corrected chi connectivity index (χ2v) is 7.95. The first kappa shape index (κ1) is 19.8. The van der Waals surface area contributed by atoms with Gasteiger partial charge in [-0.05, 0) is 26.7 Å². The van der Waals surface area contributed by atoms with Crippen molar-refractivity contribution in [3.8, 4) is 5.75 Å². The van der Waals surface area contributed by atoms with Crippen LogP contribution in [0.3, 0.4) is 0 Å². The van der Waals surface area contributed by atoms with Crippen LogP contribution in [0, 0.1) is 13.8 Å². The predicted octanol–water partition coefficient (Wildman–Crippen LogP) is 2.37. The molecule has 2 aliphatic rings. The molecule has 0 aromatic carbocycles. The number of ketones is 1. The van der Waals surface area contributed by atoms with E-state index in [0.29, 0.717) is 44.0 Å². The van der Waals surface area contributed by atoms with Crippen LogP contribution >= 0.6 is 11.6 Å². The highest BCUT2D eigenvalue weighted by atomic mass is 35.5. The fourth-order valence-electron chi connectivity index (χ4n) is 4.41. The third-order valence-electron chi connectivity index (χ3n) is 5.95. The van der Waals surface area contributed by atoms with Crippen molar-refractivity contribution in [2.75, 3.05) is 37.5 Å². The molecular formula is C20H24ClN5O3. The molecule has 0 aliphatic carbocycles. The van der Waals surface area contributed by atoms with Crippen molar-refractivity contribution in [1.29, 1.82) is 0 Å². The average Bonchev–Trinajstić information content (AvgIpc) is 2.68. The van der Waals surface area contributed by atoms with Crippen LogP contribution in [-0.2, 0) is 21.5 Å². The van der Waals surface area contributed by atoms with Crippen molar-refractivity contribution in [3.05, 3.63) is 33.7 Å². The summed E-state index contributed by atoms with van der Waals surface area (Å²) in [4.78, 5) is 28.4. The molecule has 4 rings (SSSR count). The molecule has 4 heterocycles. The number of hydrogen-bond donors (Lipinski definition) is 1. The molecule has 29 heavy (non-hydrogen) atoms. The van der Waals surface area contributed by atoms with Crippen LogP contribution < -0.4 is 15.4 Å². The van der Waals surface area contributed by atoms with Crippen LogP contribution in [0.25, 0.3) is 0 Å². The number of hydrogen-bond acceptors (Lipinski definition) is 8. The van der Waals surface area contributed by atoms with Gasteiger partial charge in [0.1, 0.15) is 16.7 Å². The van der Waals surface area contributed by atoms with Gasteiger partial charge in [0.05, 0.1) is 31.3 Å². The SMILES string of the molecule is COc1c(C)cnc(CN2CC(=O)C3(CCOCC3)c3c(Cl)nc(N)nc32)c1C. The van der Waals surface area contributed by atoms with E-state index in [1.807, 2.05) is 18.7 Å². The van der Waals surface area contributed by atoms with Crippen LogP contribution in [0.2, 0.25) is 5.15 Å². The van der Waals surface area contributed by atoms with E-state index in [0.717, 1.165) is 22.6 Å². The lowest BCUT2D eigenvalue weighted by Crippen LogP contribution is -2.52. The van der Waals surface area contributed by atoms with Gasteiger partial charge in [-0.3, -0.25) is 9.78 Å². The number of fused-ring (bicyclic) bond motifs is 2. The number of pyridine rings is 1. The number of rotatable bonds is 3. The van der Waals surface area contributed by atoms with E-state index >= 15 is 0 Å². The molecule has 1 fully saturated rings. The molecule has 0 bridgehead atoms. The van der Waals surface area contributed by atoms with E-state index in [4.69, 9.17) is 26.8 Å². The van der Waals surface area contributed by atoms with E-state index in [-0.39, 0.29) is 23.4 Å². The van der Waals surface area contributed by atoms with Crippen LogP contribution in [0.5, 0.6) is 5.75 Å². The monoisotopic (exact) mass is 417 g/mol. The molecule has 2 aromatic rings. The number of halogens is 1. The van der Waals surface area contributed by atoms with Gasteiger partial charge in [0.2, 0.25) is 5.95 Å². The Morgan fingerprint density at radius 2 is 2.03 bits per heavy atom. The normalized spacial score (nSPS) is 18.1. The van der Waals surface area contributed by atoms with Crippen molar-refractivity contribution in [2.45, 2.75) is 38.6 Å². The number of carbonyl (C=O) groups excluding carboxylic acids is 1. The summed E-state index contributed by atoms with van der Waals surface area (Å²) in [5.74, 6) is 1.58. The molecule has 0 unspecified atom stereocenters. The first-order valence-corrected chi connectivity index (χ1v) is 9.93. The van der Waals surface area contributed by atoms with E-state index in [1.54, 1.807) is 13.3 Å². The maximum atomic E-state index is 13.3. The van der Waals surface area contributed by atoms with Gasteiger partial charge in [0.25, 0.3) is 0 Å². The minimum absolute atomic E-state index is 0.0847. The number of nitrogen functional groups attached to an aromatic ring is 1. The van der Waals surface area contributed by atoms with Crippen molar-refractivity contribution < 1.29 is 14.3 Å². The third-order valence-corrected chi connectivity index (χ3v) is 6.22. The van der Waals surface area contributed by atoms with Crippen LogP contribution in [0.1, 0.15) is 35.2 Å². The molecule has 1 saturated heterocycles. The number of carbonyl (C=O) groups is 1. The van der Waals surface area contributed by atoms with Crippen LogP contribution in [0.4, 0.5) is 11.8 Å². The van der Waals surface area contributed by atoms with E-state index in [9.17, 15) is 4.79 Å². The smallest absolute Gasteiger partial charge is 0.223 e. The zero-order valence-electron chi connectivity index (χ0n) is 16.8. The zero-order chi connectivity index (χ0) is 20.8. The Balaban J connectivity index is 1.81. The summed E-state index contributed by atoms with van der Waals surface area (Å²) in [6.07, 6.45) is 2.90. The number of Topliss-reactive ketones (excluding diaryl/α,β-unsaturated/α-hetero) is 1. The number of aryl methyl sites for hydroxylation is 1. The molecule has 2 N–H and O–H groups in total. The number of aromatic nitrogens is 3. The average molecular weight is 418 g/mol. The van der Waals surface area contributed by atoms with Gasteiger partial charge in [-0.15, -0.1) is 0 Å². The molecule has 154 valence electrons. The molecule has 0 atom stereocenters. The fraction of sp³-hybridized carbons (Fsp3) is 0.500. The van der Waals surface area contributed by atoms with E-state index < -0.39 is 5.41 Å². The van der Waals surface area contributed by atoms with Crippen molar-refractivity contribution in [2.24, 2.45) is 0 Å². The fourth-order valence-corrected chi connectivity index (χ4v) is 4.76. The van der Waals surface area contributed by atoms with Crippen molar-refractivity contribution in [3.63, 3.8) is 0 Å². The molecule has 2 aromatic heterocycles. The Labute approximate surface area is 174 Å². The quantitative estimate of drug-likeness (QED) is 0.759. The highest BCUT2D eigenvalue weighted by molar-refractivity contribution is 6.31. The largest absolute Gasteiger partial charge is 0.496 e. The predicted molar refractivity (Wildman–Crippen MR) is 110 cm³/mol. The molecule has 9 heteroatoms. The van der Waals surface area contributed by atoms with E-state index in [1.165, 1.54) is 0 Å². The van der Waals surface area contributed by atoms with Crippen molar-refractivity contribution in [1.82, 2.24) is 15.0 Å². The minimum Gasteiger partial charge on any atom is -0.496 e. The summed E-state index contributed by atoms with van der Waals surface area (Å²) in [7, 11) is 1.64. The summed E-state index contributed by atoms with van der Waals surface area (Å²) < 4.78 is 11.0. The molecule has 0 radical (unpaired) electrons. The zero-order valence-corrected chi connectivity index (χ0v) is 17.5. The Bertz CT molecular complexity index is 975. The van der Waals surface area contributed by atoms with Gasteiger partial charge in [-0.1, -0.05) is 11.6 Å². The molecule has 2 aliphatic heterocycles. The number of nitrogens with zero attached hydrogens (tertiary/aromatic N) is 4. The maximum Gasteiger partial charge on any atom is 0.223 e. The maximum absolute atomic E-state index is 13.3. The number of ether oxygens (including phenoxy) is 2. The summed E-state index contributed by atoms with van der Waals surface area (Å²) in [5.41, 5.74) is 8.54. The Morgan fingerprint density at radius 1 is 1.31 bits per heavy atom. The number of methoxy groups -OCH3 is 1. The van der Waals surface area contributed by atoms with Crippen LogP contribution in [0.15, 0.2) is 6.20 Å². The Morgan fingerprint density at radius 3 is 2.72 bits per heavy atom. The van der Waals surface area contributed by atoms with Crippen molar-refractivity contribution >= 4 is 29.2 Å².